The molecule has 148 valence electrons. The number of rotatable bonds is 6. The maximum atomic E-state index is 13.2. The molecule has 1 saturated carbocycles. The van der Waals surface area contributed by atoms with Gasteiger partial charge in [0.1, 0.15) is 5.75 Å². The van der Waals surface area contributed by atoms with Crippen molar-refractivity contribution in [2.75, 3.05) is 12.4 Å². The summed E-state index contributed by atoms with van der Waals surface area (Å²) >= 11 is 0. The van der Waals surface area contributed by atoms with Crippen molar-refractivity contribution in [1.82, 2.24) is 5.32 Å². The first-order valence-corrected chi connectivity index (χ1v) is 9.84. The van der Waals surface area contributed by atoms with Crippen molar-refractivity contribution in [3.63, 3.8) is 0 Å². The van der Waals surface area contributed by atoms with Crippen molar-refractivity contribution < 1.29 is 14.3 Å². The van der Waals surface area contributed by atoms with Crippen molar-refractivity contribution in [2.45, 2.75) is 25.8 Å². The number of methoxy groups -OCH3 is 1. The van der Waals surface area contributed by atoms with Crippen LogP contribution < -0.4 is 15.4 Å². The Morgan fingerprint density at radius 1 is 1.00 bits per heavy atom. The second-order valence-electron chi connectivity index (χ2n) is 7.45. The van der Waals surface area contributed by atoms with E-state index < -0.39 is 0 Å². The van der Waals surface area contributed by atoms with Crippen LogP contribution in [0.15, 0.2) is 60.7 Å². The molecule has 0 radical (unpaired) electrons. The first-order chi connectivity index (χ1) is 14.1. The lowest BCUT2D eigenvalue weighted by Gasteiger charge is -2.19. The zero-order valence-corrected chi connectivity index (χ0v) is 16.6. The van der Waals surface area contributed by atoms with Crippen molar-refractivity contribution in [2.24, 2.45) is 5.92 Å². The Hall–Kier alpha value is -3.34. The van der Waals surface area contributed by atoms with Crippen molar-refractivity contribution in [1.29, 1.82) is 0 Å². The van der Waals surface area contributed by atoms with Crippen LogP contribution in [0.2, 0.25) is 0 Å². The van der Waals surface area contributed by atoms with Gasteiger partial charge in [-0.3, -0.25) is 9.59 Å². The lowest BCUT2D eigenvalue weighted by molar-refractivity contribution is -0.117. The summed E-state index contributed by atoms with van der Waals surface area (Å²) in [6.07, 6.45) is 1.82. The Balaban J connectivity index is 1.65. The van der Waals surface area contributed by atoms with Crippen LogP contribution in [0.25, 0.3) is 10.8 Å². The molecule has 3 aromatic carbocycles. The van der Waals surface area contributed by atoms with Crippen LogP contribution in [0, 0.1) is 5.92 Å². The summed E-state index contributed by atoms with van der Waals surface area (Å²) in [5.74, 6) is 0.526. The van der Waals surface area contributed by atoms with Gasteiger partial charge >= 0.3 is 0 Å². The highest BCUT2D eigenvalue weighted by Gasteiger charge is 2.30. The normalized spacial score (nSPS) is 14.3. The van der Waals surface area contributed by atoms with E-state index in [2.05, 4.69) is 10.6 Å². The number of fused-ring (bicyclic) bond motifs is 1. The molecule has 5 heteroatoms. The Labute approximate surface area is 170 Å². The Bertz CT molecular complexity index is 1070. The second-order valence-corrected chi connectivity index (χ2v) is 7.45. The average Bonchev–Trinajstić information content (AvgIpc) is 3.58. The number of benzene rings is 3. The Morgan fingerprint density at radius 3 is 2.34 bits per heavy atom. The fraction of sp³-hybridized carbons (Fsp3) is 0.250. The fourth-order valence-corrected chi connectivity index (χ4v) is 3.49. The van der Waals surface area contributed by atoms with E-state index in [4.69, 9.17) is 4.74 Å². The largest absolute Gasteiger partial charge is 0.496 e. The molecule has 1 fully saturated rings. The van der Waals surface area contributed by atoms with E-state index >= 15 is 0 Å². The molecule has 29 heavy (non-hydrogen) atoms. The summed E-state index contributed by atoms with van der Waals surface area (Å²) < 4.78 is 5.41. The molecule has 1 atom stereocenters. The maximum Gasteiger partial charge on any atom is 0.253 e. The van der Waals surface area contributed by atoms with E-state index in [0.717, 1.165) is 34.9 Å². The van der Waals surface area contributed by atoms with Gasteiger partial charge in [0.25, 0.3) is 5.91 Å². The fourth-order valence-electron chi connectivity index (χ4n) is 3.49. The van der Waals surface area contributed by atoms with Crippen molar-refractivity contribution >= 4 is 28.3 Å². The molecule has 0 saturated heterocycles. The van der Waals surface area contributed by atoms with E-state index in [1.54, 1.807) is 7.11 Å². The zero-order chi connectivity index (χ0) is 20.4. The maximum absolute atomic E-state index is 13.2. The summed E-state index contributed by atoms with van der Waals surface area (Å²) in [4.78, 5) is 25.5. The van der Waals surface area contributed by atoms with Gasteiger partial charge in [-0.25, -0.2) is 0 Å². The lowest BCUT2D eigenvalue weighted by atomic mass is 10.0. The van der Waals surface area contributed by atoms with E-state index in [0.29, 0.717) is 11.3 Å². The molecule has 4 rings (SSSR count). The number of ether oxygens (including phenoxy) is 1. The van der Waals surface area contributed by atoms with Gasteiger partial charge in [0, 0.05) is 11.5 Å². The number of carbonyl (C=O) groups is 2. The first kappa shape index (κ1) is 19.0. The standard InChI is InChI=1S/C24H24N2O3/c1-15(19-9-5-6-10-22(19)29-2)25-24(28)20-13-17-7-3-4-8-18(17)14-21(20)26-23(27)16-11-12-16/h3-10,13-16H,11-12H2,1-2H3,(H,25,28)(H,26,27)/t15-/m0/s1. The van der Waals surface area contributed by atoms with Crippen LogP contribution >= 0.6 is 0 Å². The first-order valence-electron chi connectivity index (χ1n) is 9.84. The topological polar surface area (TPSA) is 67.4 Å². The molecule has 1 aliphatic carbocycles. The number of carbonyl (C=O) groups excluding carboxylic acids is 2. The molecule has 2 N–H and O–H groups in total. The third-order valence-electron chi connectivity index (χ3n) is 5.29. The minimum atomic E-state index is -0.253. The number of hydrogen-bond donors (Lipinski definition) is 2. The molecule has 0 aliphatic heterocycles. The lowest BCUT2D eigenvalue weighted by Crippen LogP contribution is -2.28. The molecule has 0 unspecified atom stereocenters. The summed E-state index contributed by atoms with van der Waals surface area (Å²) in [5, 5.41) is 7.93. The third kappa shape index (κ3) is 4.09. The molecule has 0 bridgehead atoms. The highest BCUT2D eigenvalue weighted by molar-refractivity contribution is 6.08. The van der Waals surface area contributed by atoms with Crippen LogP contribution in [0.3, 0.4) is 0 Å². The van der Waals surface area contributed by atoms with Crippen LogP contribution in [0.4, 0.5) is 5.69 Å². The SMILES string of the molecule is COc1ccccc1[C@H](C)NC(=O)c1cc2ccccc2cc1NC(=O)C1CC1. The molecule has 0 aromatic heterocycles. The van der Waals surface area contributed by atoms with Gasteiger partial charge in [-0.05, 0) is 48.7 Å². The van der Waals surface area contributed by atoms with Crippen molar-refractivity contribution in [3.05, 3.63) is 71.8 Å². The average molecular weight is 388 g/mol. The Kier molecular flexibility index (Phi) is 5.21. The van der Waals surface area contributed by atoms with Crippen LogP contribution in [0.1, 0.15) is 41.7 Å². The predicted octanol–water partition coefficient (Wildman–Crippen LogP) is 4.69. The van der Waals surface area contributed by atoms with E-state index in [-0.39, 0.29) is 23.8 Å². The summed E-state index contributed by atoms with van der Waals surface area (Å²) in [6, 6.07) is 18.9. The second kappa shape index (κ2) is 7.95. The van der Waals surface area contributed by atoms with Gasteiger partial charge in [-0.1, -0.05) is 42.5 Å². The highest BCUT2D eigenvalue weighted by atomic mass is 16.5. The van der Waals surface area contributed by atoms with Gasteiger partial charge in [0.05, 0.1) is 24.4 Å². The van der Waals surface area contributed by atoms with Gasteiger partial charge in [0.15, 0.2) is 0 Å². The minimum absolute atomic E-state index is 0.0212. The quantitative estimate of drug-likeness (QED) is 0.644. The number of hydrogen-bond acceptors (Lipinski definition) is 3. The summed E-state index contributed by atoms with van der Waals surface area (Å²) in [7, 11) is 1.61. The third-order valence-corrected chi connectivity index (χ3v) is 5.29. The molecule has 3 aromatic rings. The van der Waals surface area contributed by atoms with Crippen LogP contribution in [-0.2, 0) is 4.79 Å². The monoisotopic (exact) mass is 388 g/mol. The van der Waals surface area contributed by atoms with Gasteiger partial charge < -0.3 is 15.4 Å². The van der Waals surface area contributed by atoms with E-state index in [1.807, 2.05) is 67.6 Å². The summed E-state index contributed by atoms with van der Waals surface area (Å²) in [5.41, 5.74) is 1.90. The number of amides is 2. The number of anilines is 1. The highest BCUT2D eigenvalue weighted by Crippen LogP contribution is 2.32. The number of para-hydroxylation sites is 1. The Morgan fingerprint density at radius 2 is 1.66 bits per heavy atom. The molecule has 1 aliphatic rings. The van der Waals surface area contributed by atoms with Gasteiger partial charge in [-0.2, -0.15) is 0 Å². The molecule has 5 nitrogen and oxygen atoms in total. The molecular formula is C24H24N2O3. The smallest absolute Gasteiger partial charge is 0.253 e. The van der Waals surface area contributed by atoms with E-state index in [1.165, 1.54) is 0 Å². The molecule has 2 amide bonds. The van der Waals surface area contributed by atoms with Gasteiger partial charge in [-0.15, -0.1) is 0 Å². The molecule has 0 heterocycles. The van der Waals surface area contributed by atoms with Crippen LogP contribution in [0.5, 0.6) is 5.75 Å². The summed E-state index contributed by atoms with van der Waals surface area (Å²) in [6.45, 7) is 1.92. The molecule has 0 spiro atoms. The van der Waals surface area contributed by atoms with E-state index in [9.17, 15) is 9.59 Å². The molecular weight excluding hydrogens is 364 g/mol. The minimum Gasteiger partial charge on any atom is -0.496 e. The van der Waals surface area contributed by atoms with Gasteiger partial charge in [0.2, 0.25) is 5.91 Å². The predicted molar refractivity (Wildman–Crippen MR) is 114 cm³/mol. The number of nitrogens with one attached hydrogen (secondary N) is 2. The zero-order valence-electron chi connectivity index (χ0n) is 16.6. The van der Waals surface area contributed by atoms with Crippen LogP contribution in [-0.4, -0.2) is 18.9 Å². The van der Waals surface area contributed by atoms with Crippen molar-refractivity contribution in [3.8, 4) is 5.75 Å².